The maximum Gasteiger partial charge on any atom is 0.129 e. The van der Waals surface area contributed by atoms with Gasteiger partial charge in [0.2, 0.25) is 0 Å². The summed E-state index contributed by atoms with van der Waals surface area (Å²) >= 11 is 0. The third-order valence-corrected chi connectivity index (χ3v) is 5.57. The van der Waals surface area contributed by atoms with E-state index in [1.807, 2.05) is 24.3 Å². The Kier molecular flexibility index (Phi) is 4.34. The standard InChI is InChI=1S/C24H23N3O/c1-16-10-21(28-22-8-9-23-24(13-22)27-15-26-23)7-6-19(16)14-25-20-11-17-4-2-3-5-18(17)12-20/h2-10,13,15,20,25H,11-12,14H2,1H3,(H,26,27). The zero-order chi connectivity index (χ0) is 18.9. The maximum atomic E-state index is 6.04. The Hall–Kier alpha value is -3.11. The minimum Gasteiger partial charge on any atom is -0.457 e. The van der Waals surface area contributed by atoms with E-state index in [1.165, 1.54) is 22.3 Å². The molecule has 0 bridgehead atoms. The first-order chi connectivity index (χ1) is 13.7. The van der Waals surface area contributed by atoms with E-state index in [4.69, 9.17) is 4.74 Å². The summed E-state index contributed by atoms with van der Waals surface area (Å²) in [6, 6.07) is 21.5. The van der Waals surface area contributed by atoms with Crippen LogP contribution in [-0.2, 0) is 19.4 Å². The third-order valence-electron chi connectivity index (χ3n) is 5.57. The highest BCUT2D eigenvalue weighted by Crippen LogP contribution is 2.27. The van der Waals surface area contributed by atoms with E-state index in [-0.39, 0.29) is 0 Å². The quantitative estimate of drug-likeness (QED) is 0.525. The van der Waals surface area contributed by atoms with E-state index < -0.39 is 0 Å². The number of nitrogens with zero attached hydrogens (tertiary/aromatic N) is 1. The minimum absolute atomic E-state index is 0.522. The van der Waals surface area contributed by atoms with E-state index in [9.17, 15) is 0 Å². The van der Waals surface area contributed by atoms with Crippen LogP contribution in [0.3, 0.4) is 0 Å². The first-order valence-electron chi connectivity index (χ1n) is 9.75. The molecule has 3 aromatic carbocycles. The lowest BCUT2D eigenvalue weighted by Crippen LogP contribution is -2.29. The van der Waals surface area contributed by atoms with Gasteiger partial charge in [0, 0.05) is 18.7 Å². The summed E-state index contributed by atoms with van der Waals surface area (Å²) in [5, 5.41) is 3.72. The average molecular weight is 369 g/mol. The molecule has 2 N–H and O–H groups in total. The number of aromatic nitrogens is 2. The van der Waals surface area contributed by atoms with Crippen molar-refractivity contribution in [3.05, 3.63) is 89.2 Å². The summed E-state index contributed by atoms with van der Waals surface area (Å²) in [6.07, 6.45) is 3.93. The van der Waals surface area contributed by atoms with E-state index in [0.29, 0.717) is 6.04 Å². The summed E-state index contributed by atoms with van der Waals surface area (Å²) in [4.78, 5) is 7.36. The Morgan fingerprint density at radius 3 is 2.54 bits per heavy atom. The molecule has 0 radical (unpaired) electrons. The van der Waals surface area contributed by atoms with Crippen LogP contribution in [0.1, 0.15) is 22.3 Å². The molecule has 0 spiro atoms. The lowest BCUT2D eigenvalue weighted by molar-refractivity contribution is 0.482. The molecular formula is C24H23N3O. The molecule has 0 amide bonds. The SMILES string of the molecule is Cc1cc(Oc2ccc3nc[nH]c3c2)ccc1CNC1Cc2ccccc2C1. The molecule has 1 heterocycles. The van der Waals surface area contributed by atoms with E-state index in [2.05, 4.69) is 58.6 Å². The molecule has 1 aliphatic carbocycles. The Morgan fingerprint density at radius 2 is 1.75 bits per heavy atom. The van der Waals surface area contributed by atoms with Gasteiger partial charge in [0.25, 0.3) is 0 Å². The van der Waals surface area contributed by atoms with Crippen molar-refractivity contribution in [3.63, 3.8) is 0 Å². The zero-order valence-corrected chi connectivity index (χ0v) is 15.9. The van der Waals surface area contributed by atoms with E-state index >= 15 is 0 Å². The first kappa shape index (κ1) is 17.0. The molecule has 1 aromatic heterocycles. The fourth-order valence-corrected chi connectivity index (χ4v) is 4.00. The van der Waals surface area contributed by atoms with Gasteiger partial charge < -0.3 is 15.0 Å². The highest BCUT2D eigenvalue weighted by atomic mass is 16.5. The van der Waals surface area contributed by atoms with Crippen LogP contribution in [0, 0.1) is 6.92 Å². The van der Waals surface area contributed by atoms with Crippen molar-refractivity contribution in [2.75, 3.05) is 0 Å². The molecule has 0 unspecified atom stereocenters. The van der Waals surface area contributed by atoms with Crippen LogP contribution in [0.15, 0.2) is 67.0 Å². The second-order valence-corrected chi connectivity index (χ2v) is 7.53. The van der Waals surface area contributed by atoms with Crippen molar-refractivity contribution in [3.8, 4) is 11.5 Å². The normalized spacial score (nSPS) is 13.8. The summed E-state index contributed by atoms with van der Waals surface area (Å²) in [5.74, 6) is 1.67. The summed E-state index contributed by atoms with van der Waals surface area (Å²) in [5.41, 5.74) is 7.44. The Labute approximate surface area is 164 Å². The highest BCUT2D eigenvalue weighted by molar-refractivity contribution is 5.76. The van der Waals surface area contributed by atoms with Gasteiger partial charge >= 0.3 is 0 Å². The Morgan fingerprint density at radius 1 is 1.00 bits per heavy atom. The van der Waals surface area contributed by atoms with Crippen LogP contribution >= 0.6 is 0 Å². The number of rotatable bonds is 5. The van der Waals surface area contributed by atoms with Gasteiger partial charge in [0.15, 0.2) is 0 Å². The van der Waals surface area contributed by atoms with Crippen LogP contribution in [0.25, 0.3) is 11.0 Å². The van der Waals surface area contributed by atoms with Gasteiger partial charge in [-0.1, -0.05) is 30.3 Å². The van der Waals surface area contributed by atoms with Crippen molar-refractivity contribution in [2.45, 2.75) is 32.4 Å². The number of aromatic amines is 1. The number of nitrogens with one attached hydrogen (secondary N) is 2. The number of hydrogen-bond acceptors (Lipinski definition) is 3. The maximum absolute atomic E-state index is 6.04. The van der Waals surface area contributed by atoms with Crippen LogP contribution in [0.4, 0.5) is 0 Å². The van der Waals surface area contributed by atoms with Gasteiger partial charge in [-0.25, -0.2) is 4.98 Å². The molecule has 28 heavy (non-hydrogen) atoms. The van der Waals surface area contributed by atoms with Crippen molar-refractivity contribution in [1.82, 2.24) is 15.3 Å². The molecule has 0 fully saturated rings. The third kappa shape index (κ3) is 3.39. The second kappa shape index (κ2) is 7.13. The van der Waals surface area contributed by atoms with Crippen LogP contribution in [0.2, 0.25) is 0 Å². The predicted molar refractivity (Wildman–Crippen MR) is 112 cm³/mol. The molecule has 0 atom stereocenters. The molecular weight excluding hydrogens is 346 g/mol. The first-order valence-corrected chi connectivity index (χ1v) is 9.75. The summed E-state index contributed by atoms with van der Waals surface area (Å²) < 4.78 is 6.04. The molecule has 5 rings (SSSR count). The van der Waals surface area contributed by atoms with Gasteiger partial charge in [-0.2, -0.15) is 0 Å². The average Bonchev–Trinajstić information content (AvgIpc) is 3.33. The lowest BCUT2D eigenvalue weighted by Gasteiger charge is -2.14. The fraction of sp³-hybridized carbons (Fsp3) is 0.208. The number of benzene rings is 3. The van der Waals surface area contributed by atoms with Gasteiger partial charge in [-0.05, 0) is 66.3 Å². The molecule has 4 nitrogen and oxygen atoms in total. The molecule has 140 valence electrons. The monoisotopic (exact) mass is 369 g/mol. The number of hydrogen-bond donors (Lipinski definition) is 2. The predicted octanol–water partition coefficient (Wildman–Crippen LogP) is 4.92. The highest BCUT2D eigenvalue weighted by Gasteiger charge is 2.20. The van der Waals surface area contributed by atoms with Gasteiger partial charge in [-0.15, -0.1) is 0 Å². The van der Waals surface area contributed by atoms with Gasteiger partial charge in [0.05, 0.1) is 17.4 Å². The minimum atomic E-state index is 0.522. The number of H-pyrrole nitrogens is 1. The van der Waals surface area contributed by atoms with Crippen molar-refractivity contribution in [1.29, 1.82) is 0 Å². The molecule has 4 heteroatoms. The molecule has 0 saturated heterocycles. The Bertz CT molecular complexity index is 1110. The van der Waals surface area contributed by atoms with Gasteiger partial charge in [-0.3, -0.25) is 0 Å². The molecule has 1 aliphatic rings. The summed E-state index contributed by atoms with van der Waals surface area (Å²) in [6.45, 7) is 3.02. The molecule has 0 aliphatic heterocycles. The number of aryl methyl sites for hydroxylation is 1. The van der Waals surface area contributed by atoms with Crippen LogP contribution < -0.4 is 10.1 Å². The second-order valence-electron chi connectivity index (χ2n) is 7.53. The topological polar surface area (TPSA) is 49.9 Å². The Balaban J connectivity index is 1.24. The van der Waals surface area contributed by atoms with Crippen molar-refractivity contribution >= 4 is 11.0 Å². The van der Waals surface area contributed by atoms with Crippen molar-refractivity contribution in [2.24, 2.45) is 0 Å². The lowest BCUT2D eigenvalue weighted by atomic mass is 10.1. The number of ether oxygens (including phenoxy) is 1. The fourth-order valence-electron chi connectivity index (χ4n) is 4.00. The smallest absolute Gasteiger partial charge is 0.129 e. The number of imidazole rings is 1. The largest absolute Gasteiger partial charge is 0.457 e. The molecule has 4 aromatic rings. The van der Waals surface area contributed by atoms with Gasteiger partial charge in [0.1, 0.15) is 11.5 Å². The van der Waals surface area contributed by atoms with Crippen molar-refractivity contribution < 1.29 is 4.74 Å². The van der Waals surface area contributed by atoms with E-state index in [0.717, 1.165) is 41.9 Å². The van der Waals surface area contributed by atoms with E-state index in [1.54, 1.807) is 6.33 Å². The zero-order valence-electron chi connectivity index (χ0n) is 15.9. The number of fused-ring (bicyclic) bond motifs is 2. The van der Waals surface area contributed by atoms with Crippen LogP contribution in [-0.4, -0.2) is 16.0 Å². The summed E-state index contributed by atoms with van der Waals surface area (Å²) in [7, 11) is 0. The molecule has 0 saturated carbocycles. The van der Waals surface area contributed by atoms with Crippen LogP contribution in [0.5, 0.6) is 11.5 Å².